The molecule has 0 bridgehead atoms. The van der Waals surface area contributed by atoms with E-state index in [1.165, 1.54) is 0 Å². The van der Waals surface area contributed by atoms with Crippen LogP contribution in [0.15, 0.2) is 53.0 Å². The summed E-state index contributed by atoms with van der Waals surface area (Å²) < 4.78 is 6.21. The molecule has 2 rings (SSSR count). The number of hydrogen-bond donors (Lipinski definition) is 2. The van der Waals surface area contributed by atoms with E-state index in [0.717, 1.165) is 21.3 Å². The minimum absolute atomic E-state index is 0.456. The molecule has 2 N–H and O–H groups in total. The van der Waals surface area contributed by atoms with Crippen LogP contribution in [0.2, 0.25) is 0 Å². The smallest absolute Gasteiger partial charge is 0.0962 e. The van der Waals surface area contributed by atoms with Gasteiger partial charge in [0.2, 0.25) is 0 Å². The summed E-state index contributed by atoms with van der Waals surface area (Å²) in [6.07, 6.45) is -0.537. The van der Waals surface area contributed by atoms with Crippen LogP contribution in [-0.4, -0.2) is 18.8 Å². The maximum atomic E-state index is 10.2. The zero-order chi connectivity index (χ0) is 14.4. The fraction of sp³-hybridized carbons (Fsp3) is 0.250. The Morgan fingerprint density at radius 1 is 1.15 bits per heavy atom. The van der Waals surface area contributed by atoms with Crippen molar-refractivity contribution in [3.8, 4) is 0 Å². The molecule has 3 nitrogen and oxygen atoms in total. The predicted molar refractivity (Wildman–Crippen MR) is 84.7 cm³/mol. The van der Waals surface area contributed by atoms with Crippen LogP contribution in [0.4, 0.5) is 5.69 Å². The second-order valence-electron chi connectivity index (χ2n) is 4.51. The van der Waals surface area contributed by atoms with Gasteiger partial charge in [0.05, 0.1) is 12.7 Å². The molecule has 0 saturated carbocycles. The van der Waals surface area contributed by atoms with Gasteiger partial charge in [0.15, 0.2) is 0 Å². The quantitative estimate of drug-likeness (QED) is 0.844. The Morgan fingerprint density at radius 2 is 1.90 bits per heavy atom. The third-order valence-corrected chi connectivity index (χ3v) is 3.82. The van der Waals surface area contributed by atoms with Gasteiger partial charge in [-0.3, -0.25) is 0 Å². The highest BCUT2D eigenvalue weighted by atomic mass is 79.9. The minimum Gasteiger partial charge on any atom is -0.387 e. The standard InChI is InChI=1S/C16H18BrNO2/c1-20-11-13-14(17)8-5-9-15(13)18-10-16(19)12-6-3-2-4-7-12/h2-9,16,18-19H,10-11H2,1H3. The van der Waals surface area contributed by atoms with Gasteiger partial charge in [0.1, 0.15) is 0 Å². The molecule has 0 aliphatic rings. The van der Waals surface area contributed by atoms with Crippen molar-refractivity contribution < 1.29 is 9.84 Å². The van der Waals surface area contributed by atoms with Crippen molar-refractivity contribution in [3.63, 3.8) is 0 Å². The molecular weight excluding hydrogens is 318 g/mol. The largest absolute Gasteiger partial charge is 0.387 e. The summed E-state index contributed by atoms with van der Waals surface area (Å²) in [7, 11) is 1.67. The lowest BCUT2D eigenvalue weighted by Gasteiger charge is -2.16. The molecule has 1 atom stereocenters. The van der Waals surface area contributed by atoms with Crippen LogP contribution in [0, 0.1) is 0 Å². The molecule has 106 valence electrons. The van der Waals surface area contributed by atoms with Gasteiger partial charge in [-0.15, -0.1) is 0 Å². The first-order valence-electron chi connectivity index (χ1n) is 6.45. The van der Waals surface area contributed by atoms with Crippen LogP contribution in [0.1, 0.15) is 17.2 Å². The summed E-state index contributed by atoms with van der Waals surface area (Å²) >= 11 is 3.52. The molecule has 2 aromatic rings. The number of rotatable bonds is 6. The van der Waals surface area contributed by atoms with Crippen molar-refractivity contribution in [2.24, 2.45) is 0 Å². The number of anilines is 1. The highest BCUT2D eigenvalue weighted by molar-refractivity contribution is 9.10. The Hall–Kier alpha value is -1.36. The number of nitrogens with one attached hydrogen (secondary N) is 1. The van der Waals surface area contributed by atoms with Crippen LogP contribution < -0.4 is 5.32 Å². The molecule has 4 heteroatoms. The molecule has 0 radical (unpaired) electrons. The van der Waals surface area contributed by atoms with Crippen molar-refractivity contribution in [2.45, 2.75) is 12.7 Å². The summed E-state index contributed by atoms with van der Waals surface area (Å²) in [5, 5.41) is 13.4. The average Bonchev–Trinajstić information content (AvgIpc) is 2.48. The SMILES string of the molecule is COCc1c(Br)cccc1NCC(O)c1ccccc1. The van der Waals surface area contributed by atoms with Gasteiger partial charge in [-0.1, -0.05) is 52.3 Å². The topological polar surface area (TPSA) is 41.5 Å². The van der Waals surface area contributed by atoms with Gasteiger partial charge < -0.3 is 15.2 Å². The summed E-state index contributed by atoms with van der Waals surface area (Å²) in [6, 6.07) is 15.5. The molecule has 0 saturated heterocycles. The van der Waals surface area contributed by atoms with Crippen molar-refractivity contribution in [3.05, 3.63) is 64.1 Å². The number of methoxy groups -OCH3 is 1. The molecule has 0 aliphatic carbocycles. The predicted octanol–water partition coefficient (Wildman–Crippen LogP) is 3.74. The Morgan fingerprint density at radius 3 is 2.60 bits per heavy atom. The summed E-state index contributed by atoms with van der Waals surface area (Å²) in [5.41, 5.74) is 2.93. The molecule has 0 heterocycles. The molecule has 0 amide bonds. The Labute approximate surface area is 127 Å². The van der Waals surface area contributed by atoms with Gasteiger partial charge in [0, 0.05) is 29.4 Å². The lowest BCUT2D eigenvalue weighted by Crippen LogP contribution is -2.13. The number of hydrogen-bond acceptors (Lipinski definition) is 3. The molecule has 0 spiro atoms. The van der Waals surface area contributed by atoms with Crippen LogP contribution in [0.5, 0.6) is 0 Å². The van der Waals surface area contributed by atoms with E-state index < -0.39 is 6.10 Å². The van der Waals surface area contributed by atoms with Gasteiger partial charge >= 0.3 is 0 Å². The zero-order valence-corrected chi connectivity index (χ0v) is 12.9. The van der Waals surface area contributed by atoms with Crippen LogP contribution in [0.25, 0.3) is 0 Å². The number of aliphatic hydroxyl groups is 1. The lowest BCUT2D eigenvalue weighted by molar-refractivity contribution is 0.183. The van der Waals surface area contributed by atoms with Crippen molar-refractivity contribution >= 4 is 21.6 Å². The molecule has 2 aromatic carbocycles. The van der Waals surface area contributed by atoms with Crippen LogP contribution in [0.3, 0.4) is 0 Å². The Bertz CT molecular complexity index is 545. The van der Waals surface area contributed by atoms with E-state index in [1.54, 1.807) is 7.11 Å². The molecule has 0 fully saturated rings. The monoisotopic (exact) mass is 335 g/mol. The van der Waals surface area contributed by atoms with E-state index in [-0.39, 0.29) is 0 Å². The van der Waals surface area contributed by atoms with Crippen molar-refractivity contribution in [1.82, 2.24) is 0 Å². The first-order chi connectivity index (χ1) is 9.72. The Kier molecular flexibility index (Phi) is 5.59. The third kappa shape index (κ3) is 3.82. The van der Waals surface area contributed by atoms with E-state index in [2.05, 4.69) is 21.2 Å². The maximum Gasteiger partial charge on any atom is 0.0962 e. The maximum absolute atomic E-state index is 10.2. The van der Waals surface area contributed by atoms with E-state index in [9.17, 15) is 5.11 Å². The van der Waals surface area contributed by atoms with E-state index in [0.29, 0.717) is 13.2 Å². The third-order valence-electron chi connectivity index (χ3n) is 3.08. The number of halogens is 1. The first kappa shape index (κ1) is 15.0. The number of ether oxygens (including phenoxy) is 1. The first-order valence-corrected chi connectivity index (χ1v) is 7.25. The molecule has 0 aromatic heterocycles. The summed E-state index contributed by atoms with van der Waals surface area (Å²) in [4.78, 5) is 0. The fourth-order valence-electron chi connectivity index (χ4n) is 2.01. The van der Waals surface area contributed by atoms with Crippen molar-refractivity contribution in [1.29, 1.82) is 0 Å². The number of aliphatic hydroxyl groups excluding tert-OH is 1. The van der Waals surface area contributed by atoms with E-state index in [1.807, 2.05) is 48.5 Å². The molecule has 20 heavy (non-hydrogen) atoms. The fourth-order valence-corrected chi connectivity index (χ4v) is 2.50. The lowest BCUT2D eigenvalue weighted by atomic mass is 10.1. The molecular formula is C16H18BrNO2. The highest BCUT2D eigenvalue weighted by Crippen LogP contribution is 2.26. The van der Waals surface area contributed by atoms with Gasteiger partial charge in [-0.05, 0) is 17.7 Å². The van der Waals surface area contributed by atoms with Crippen molar-refractivity contribution in [2.75, 3.05) is 19.0 Å². The normalized spacial score (nSPS) is 12.2. The highest BCUT2D eigenvalue weighted by Gasteiger charge is 2.10. The summed E-state index contributed by atoms with van der Waals surface area (Å²) in [5.74, 6) is 0. The second kappa shape index (κ2) is 7.43. The number of benzene rings is 2. The molecule has 0 aliphatic heterocycles. The second-order valence-corrected chi connectivity index (χ2v) is 5.36. The molecule has 1 unspecified atom stereocenters. The van der Waals surface area contributed by atoms with E-state index in [4.69, 9.17) is 4.74 Å². The van der Waals surface area contributed by atoms with Gasteiger partial charge in [-0.2, -0.15) is 0 Å². The minimum atomic E-state index is -0.537. The van der Waals surface area contributed by atoms with E-state index >= 15 is 0 Å². The Balaban J connectivity index is 2.06. The van der Waals surface area contributed by atoms with Gasteiger partial charge in [-0.25, -0.2) is 0 Å². The van der Waals surface area contributed by atoms with Crippen LogP contribution in [-0.2, 0) is 11.3 Å². The van der Waals surface area contributed by atoms with Gasteiger partial charge in [0.25, 0.3) is 0 Å². The zero-order valence-electron chi connectivity index (χ0n) is 11.3. The summed E-state index contributed by atoms with van der Waals surface area (Å²) in [6.45, 7) is 0.975. The van der Waals surface area contributed by atoms with Crippen LogP contribution >= 0.6 is 15.9 Å². The average molecular weight is 336 g/mol.